The molecule has 0 N–H and O–H groups in total. The minimum absolute atomic E-state index is 0.290. The van der Waals surface area contributed by atoms with Gasteiger partial charge in [0.1, 0.15) is 18.2 Å². The summed E-state index contributed by atoms with van der Waals surface area (Å²) in [5, 5.41) is 0.690. The third kappa shape index (κ3) is 3.21. The van der Waals surface area contributed by atoms with Crippen LogP contribution in [-0.2, 0) is 6.61 Å². The Morgan fingerprint density at radius 1 is 1.12 bits per heavy atom. The molecule has 0 saturated carbocycles. The first-order valence-corrected chi connectivity index (χ1v) is 5.66. The molecule has 0 atom stereocenters. The van der Waals surface area contributed by atoms with Crippen molar-refractivity contribution in [3.05, 3.63) is 64.4 Å². The van der Waals surface area contributed by atoms with Crippen LogP contribution in [0.1, 0.15) is 11.1 Å². The van der Waals surface area contributed by atoms with Gasteiger partial charge in [0.2, 0.25) is 0 Å². The van der Waals surface area contributed by atoms with Gasteiger partial charge in [0.25, 0.3) is 0 Å². The normalized spacial score (nSPS) is 10.3. The molecule has 88 valence electrons. The van der Waals surface area contributed by atoms with Gasteiger partial charge in [-0.1, -0.05) is 29.8 Å². The lowest BCUT2D eigenvalue weighted by Crippen LogP contribution is -1.97. The van der Waals surface area contributed by atoms with Crippen LogP contribution < -0.4 is 4.74 Å². The van der Waals surface area contributed by atoms with Crippen LogP contribution in [-0.4, -0.2) is 0 Å². The van der Waals surface area contributed by atoms with Crippen LogP contribution in [0.5, 0.6) is 5.75 Å². The fourth-order valence-corrected chi connectivity index (χ4v) is 1.60. The van der Waals surface area contributed by atoms with E-state index in [4.69, 9.17) is 16.3 Å². The Balaban J connectivity index is 2.07. The fourth-order valence-electron chi connectivity index (χ4n) is 1.47. The van der Waals surface area contributed by atoms with E-state index < -0.39 is 0 Å². The third-order valence-electron chi connectivity index (χ3n) is 2.46. The van der Waals surface area contributed by atoms with Crippen LogP contribution in [0.15, 0.2) is 42.5 Å². The van der Waals surface area contributed by atoms with Gasteiger partial charge in [-0.2, -0.15) is 0 Å². The maximum Gasteiger partial charge on any atom is 0.126 e. The molecule has 2 aromatic rings. The van der Waals surface area contributed by atoms with E-state index in [1.807, 2.05) is 19.1 Å². The number of ether oxygens (including phenoxy) is 1. The topological polar surface area (TPSA) is 9.23 Å². The van der Waals surface area contributed by atoms with E-state index >= 15 is 0 Å². The molecule has 0 aliphatic carbocycles. The summed E-state index contributed by atoms with van der Waals surface area (Å²) in [6.45, 7) is 2.29. The summed E-state index contributed by atoms with van der Waals surface area (Å²) in [4.78, 5) is 0. The molecule has 0 aliphatic rings. The molecule has 0 saturated heterocycles. The van der Waals surface area contributed by atoms with Crippen molar-refractivity contribution in [3.8, 4) is 5.75 Å². The van der Waals surface area contributed by atoms with Crippen molar-refractivity contribution in [3.63, 3.8) is 0 Å². The van der Waals surface area contributed by atoms with Crippen molar-refractivity contribution in [2.75, 3.05) is 0 Å². The van der Waals surface area contributed by atoms with Gasteiger partial charge in [0.15, 0.2) is 0 Å². The molecular weight excluding hydrogens is 239 g/mol. The Kier molecular flexibility index (Phi) is 3.64. The lowest BCUT2D eigenvalue weighted by molar-refractivity contribution is 0.302. The zero-order valence-electron chi connectivity index (χ0n) is 9.41. The van der Waals surface area contributed by atoms with Crippen molar-refractivity contribution in [1.29, 1.82) is 0 Å². The van der Waals surface area contributed by atoms with Crippen LogP contribution in [0, 0.1) is 12.7 Å². The lowest BCUT2D eigenvalue weighted by atomic mass is 10.2. The van der Waals surface area contributed by atoms with Crippen LogP contribution in [0.25, 0.3) is 0 Å². The Morgan fingerprint density at radius 2 is 1.82 bits per heavy atom. The molecule has 1 nitrogen and oxygen atoms in total. The summed E-state index contributed by atoms with van der Waals surface area (Å²) in [5.41, 5.74) is 1.92. The average Bonchev–Trinajstić information content (AvgIpc) is 2.32. The number of hydrogen-bond donors (Lipinski definition) is 0. The second-order valence-corrected chi connectivity index (χ2v) is 4.26. The number of rotatable bonds is 3. The molecule has 0 radical (unpaired) electrons. The molecular formula is C14H12ClFO. The molecule has 2 rings (SSSR count). The smallest absolute Gasteiger partial charge is 0.126 e. The molecule has 0 unspecified atom stereocenters. The van der Waals surface area contributed by atoms with Gasteiger partial charge in [-0.05, 0) is 36.2 Å². The monoisotopic (exact) mass is 250 g/mol. The van der Waals surface area contributed by atoms with E-state index in [2.05, 4.69) is 0 Å². The Bertz CT molecular complexity index is 508. The Morgan fingerprint density at radius 3 is 2.53 bits per heavy atom. The van der Waals surface area contributed by atoms with E-state index in [0.29, 0.717) is 17.4 Å². The number of hydrogen-bond acceptors (Lipinski definition) is 1. The highest BCUT2D eigenvalue weighted by Gasteiger charge is 2.02. The first-order valence-electron chi connectivity index (χ1n) is 5.28. The maximum absolute atomic E-state index is 13.0. The van der Waals surface area contributed by atoms with Gasteiger partial charge in [-0.25, -0.2) is 4.39 Å². The molecule has 17 heavy (non-hydrogen) atoms. The minimum atomic E-state index is -0.290. The summed E-state index contributed by atoms with van der Waals surface area (Å²) < 4.78 is 18.6. The van der Waals surface area contributed by atoms with Gasteiger partial charge in [-0.3, -0.25) is 0 Å². The summed E-state index contributed by atoms with van der Waals surface area (Å²) in [6.07, 6.45) is 0. The van der Waals surface area contributed by atoms with Crippen molar-refractivity contribution in [2.24, 2.45) is 0 Å². The Hall–Kier alpha value is -1.54. The third-order valence-corrected chi connectivity index (χ3v) is 2.71. The summed E-state index contributed by atoms with van der Waals surface area (Å²) in [7, 11) is 0. The fraction of sp³-hybridized carbons (Fsp3) is 0.143. The molecule has 0 spiro atoms. The highest BCUT2D eigenvalue weighted by molar-refractivity contribution is 6.30. The Labute approximate surface area is 105 Å². The van der Waals surface area contributed by atoms with E-state index in [1.54, 1.807) is 18.2 Å². The van der Waals surface area contributed by atoms with Gasteiger partial charge in [-0.15, -0.1) is 0 Å². The molecule has 0 heterocycles. The van der Waals surface area contributed by atoms with Crippen LogP contribution in [0.3, 0.4) is 0 Å². The van der Waals surface area contributed by atoms with Gasteiger partial charge >= 0.3 is 0 Å². The van der Waals surface area contributed by atoms with E-state index in [-0.39, 0.29) is 5.82 Å². The highest BCUT2D eigenvalue weighted by atomic mass is 35.5. The van der Waals surface area contributed by atoms with E-state index in [0.717, 1.165) is 11.1 Å². The molecule has 0 aliphatic heterocycles. The first-order chi connectivity index (χ1) is 8.15. The van der Waals surface area contributed by atoms with E-state index in [9.17, 15) is 4.39 Å². The minimum Gasteiger partial charge on any atom is -0.489 e. The van der Waals surface area contributed by atoms with Gasteiger partial charge in [0, 0.05) is 11.1 Å². The standard InChI is InChI=1S/C14H12ClFO/c1-10-2-7-13(16)8-14(10)17-9-11-3-5-12(15)6-4-11/h2-8H,9H2,1H3. The highest BCUT2D eigenvalue weighted by Crippen LogP contribution is 2.20. The van der Waals surface area contributed by atoms with Crippen molar-refractivity contribution in [2.45, 2.75) is 13.5 Å². The number of benzene rings is 2. The number of halogens is 2. The van der Waals surface area contributed by atoms with E-state index in [1.165, 1.54) is 12.1 Å². The van der Waals surface area contributed by atoms with Crippen molar-refractivity contribution < 1.29 is 9.13 Å². The predicted octanol–water partition coefficient (Wildman–Crippen LogP) is 4.37. The number of aryl methyl sites for hydroxylation is 1. The second-order valence-electron chi connectivity index (χ2n) is 3.82. The lowest BCUT2D eigenvalue weighted by Gasteiger charge is -2.09. The van der Waals surface area contributed by atoms with Gasteiger partial charge in [0.05, 0.1) is 0 Å². The van der Waals surface area contributed by atoms with Crippen molar-refractivity contribution in [1.82, 2.24) is 0 Å². The predicted molar refractivity (Wildman–Crippen MR) is 66.9 cm³/mol. The largest absolute Gasteiger partial charge is 0.489 e. The second kappa shape index (κ2) is 5.19. The molecule has 0 fully saturated rings. The quantitative estimate of drug-likeness (QED) is 0.786. The van der Waals surface area contributed by atoms with Crippen LogP contribution in [0.2, 0.25) is 5.02 Å². The average molecular weight is 251 g/mol. The summed E-state index contributed by atoms with van der Waals surface area (Å²) >= 11 is 5.78. The van der Waals surface area contributed by atoms with Crippen molar-refractivity contribution >= 4 is 11.6 Å². The zero-order chi connectivity index (χ0) is 12.3. The molecule has 0 amide bonds. The summed E-state index contributed by atoms with van der Waals surface area (Å²) in [6, 6.07) is 11.9. The molecule has 0 bridgehead atoms. The SMILES string of the molecule is Cc1ccc(F)cc1OCc1ccc(Cl)cc1. The molecule has 2 aromatic carbocycles. The van der Waals surface area contributed by atoms with Gasteiger partial charge < -0.3 is 4.74 Å². The maximum atomic E-state index is 13.0. The summed E-state index contributed by atoms with van der Waals surface area (Å²) in [5.74, 6) is 0.279. The zero-order valence-corrected chi connectivity index (χ0v) is 10.2. The first kappa shape index (κ1) is 11.9. The van der Waals surface area contributed by atoms with Crippen LogP contribution >= 0.6 is 11.6 Å². The molecule has 0 aromatic heterocycles. The van der Waals surface area contributed by atoms with Crippen LogP contribution in [0.4, 0.5) is 4.39 Å². The molecule has 3 heteroatoms.